The van der Waals surface area contributed by atoms with Crippen molar-refractivity contribution in [2.75, 3.05) is 38.1 Å². The number of hydrogen-bond acceptors (Lipinski definition) is 4. The van der Waals surface area contributed by atoms with E-state index in [4.69, 9.17) is 5.10 Å². The highest BCUT2D eigenvalue weighted by Gasteiger charge is 2.21. The molecule has 5 heteroatoms. The van der Waals surface area contributed by atoms with Crippen LogP contribution in [0.2, 0.25) is 0 Å². The van der Waals surface area contributed by atoms with Gasteiger partial charge in [0.2, 0.25) is 0 Å². The number of likely N-dealkylation sites (N-methyl/N-ethyl adjacent to an activating group) is 1. The average molecular weight is 354 g/mol. The van der Waals surface area contributed by atoms with Gasteiger partial charge in [0, 0.05) is 50.2 Å². The van der Waals surface area contributed by atoms with E-state index in [1.54, 1.807) is 6.20 Å². The van der Waals surface area contributed by atoms with Crippen molar-refractivity contribution in [1.29, 1.82) is 0 Å². The van der Waals surface area contributed by atoms with Crippen molar-refractivity contribution in [3.8, 4) is 0 Å². The van der Waals surface area contributed by atoms with Gasteiger partial charge in [0.1, 0.15) is 0 Å². The van der Waals surface area contributed by atoms with Crippen molar-refractivity contribution in [2.24, 2.45) is 7.05 Å². The number of allylic oxidation sites excluding steroid dienone is 1. The van der Waals surface area contributed by atoms with Gasteiger partial charge in [0.15, 0.2) is 0 Å². The molecule has 0 saturated carbocycles. The van der Waals surface area contributed by atoms with Crippen LogP contribution >= 0.6 is 0 Å². The number of fused-ring (bicyclic) bond motifs is 1. The number of piperazine rings is 1. The minimum absolute atomic E-state index is 0.379. The van der Waals surface area contributed by atoms with Crippen LogP contribution in [0.4, 0.5) is 5.69 Å². The third-order valence-electron chi connectivity index (χ3n) is 5.37. The fraction of sp³-hybridized carbons (Fsp3) is 0.476. The van der Waals surface area contributed by atoms with E-state index >= 15 is 0 Å². The summed E-state index contributed by atoms with van der Waals surface area (Å²) in [6.07, 6.45) is 3.62. The van der Waals surface area contributed by atoms with Crippen LogP contribution in [-0.4, -0.2) is 47.9 Å². The Morgan fingerprint density at radius 2 is 2.00 bits per heavy atom. The Morgan fingerprint density at radius 1 is 1.27 bits per heavy atom. The van der Waals surface area contributed by atoms with Crippen LogP contribution in [0.15, 0.2) is 43.3 Å². The number of aryl methyl sites for hydroxylation is 1. The first-order valence-electron chi connectivity index (χ1n) is 9.45. The Hall–Kier alpha value is -2.27. The van der Waals surface area contributed by atoms with Gasteiger partial charge in [-0.1, -0.05) is 32.2 Å². The maximum atomic E-state index is 4.89. The zero-order valence-corrected chi connectivity index (χ0v) is 16.3. The molecule has 26 heavy (non-hydrogen) atoms. The summed E-state index contributed by atoms with van der Waals surface area (Å²) in [6.45, 7) is 14.3. The molecule has 5 nitrogen and oxygen atoms in total. The molecule has 0 spiro atoms. The van der Waals surface area contributed by atoms with Gasteiger partial charge in [0.25, 0.3) is 0 Å². The molecule has 1 saturated heterocycles. The number of nitrogens with one attached hydrogen (secondary N) is 1. The summed E-state index contributed by atoms with van der Waals surface area (Å²) < 4.78 is 2.06. The first kappa shape index (κ1) is 18.5. The molecule has 2 heterocycles. The standard InChI is InChI=1S/C21H31N5/c1-6-22-17(3)11-10-16(2)20-18-8-7-9-19(21(18)25(5)23-20)26-14-12-24(4)13-15-26/h6-9,16,22H,1,3,10-15H2,2,4-5H3. The Labute approximate surface area is 157 Å². The molecule has 0 amide bonds. The second kappa shape index (κ2) is 7.96. The molecule has 1 aliphatic heterocycles. The second-order valence-electron chi connectivity index (χ2n) is 7.36. The molecule has 1 aliphatic rings. The summed E-state index contributed by atoms with van der Waals surface area (Å²) in [5.74, 6) is 0.379. The molecule has 1 aromatic carbocycles. The molecule has 1 atom stereocenters. The zero-order valence-electron chi connectivity index (χ0n) is 16.3. The minimum Gasteiger partial charge on any atom is -0.367 e. The van der Waals surface area contributed by atoms with E-state index in [2.05, 4.69) is 72.2 Å². The van der Waals surface area contributed by atoms with Crippen molar-refractivity contribution < 1.29 is 0 Å². The monoisotopic (exact) mass is 353 g/mol. The first-order valence-corrected chi connectivity index (χ1v) is 9.45. The molecule has 1 aromatic heterocycles. The van der Waals surface area contributed by atoms with E-state index in [0.717, 1.165) is 44.7 Å². The average Bonchev–Trinajstić information content (AvgIpc) is 2.98. The van der Waals surface area contributed by atoms with Gasteiger partial charge < -0.3 is 15.1 Å². The van der Waals surface area contributed by atoms with Gasteiger partial charge in [-0.15, -0.1) is 0 Å². The van der Waals surface area contributed by atoms with Gasteiger partial charge in [-0.3, -0.25) is 4.68 Å². The Morgan fingerprint density at radius 3 is 2.69 bits per heavy atom. The molecule has 140 valence electrons. The number of hydrogen-bond donors (Lipinski definition) is 1. The Bertz CT molecular complexity index is 783. The number of nitrogens with zero attached hydrogens (tertiary/aromatic N) is 4. The van der Waals surface area contributed by atoms with E-state index < -0.39 is 0 Å². The largest absolute Gasteiger partial charge is 0.367 e. The summed E-state index contributed by atoms with van der Waals surface area (Å²) in [5.41, 5.74) is 4.75. The minimum atomic E-state index is 0.379. The third kappa shape index (κ3) is 3.78. The molecule has 1 unspecified atom stereocenters. The molecule has 0 radical (unpaired) electrons. The van der Waals surface area contributed by atoms with E-state index in [1.807, 2.05) is 0 Å². The van der Waals surface area contributed by atoms with Gasteiger partial charge in [-0.25, -0.2) is 0 Å². The second-order valence-corrected chi connectivity index (χ2v) is 7.36. The van der Waals surface area contributed by atoms with E-state index in [0.29, 0.717) is 5.92 Å². The molecule has 0 aliphatic carbocycles. The van der Waals surface area contributed by atoms with Crippen molar-refractivity contribution in [1.82, 2.24) is 20.0 Å². The summed E-state index contributed by atoms with van der Waals surface area (Å²) in [5, 5.41) is 9.25. The van der Waals surface area contributed by atoms with Crippen LogP contribution in [0.25, 0.3) is 10.9 Å². The maximum Gasteiger partial charge on any atom is 0.0915 e. The topological polar surface area (TPSA) is 36.3 Å². The number of benzene rings is 1. The zero-order chi connectivity index (χ0) is 18.7. The SMILES string of the molecule is C=CNC(=C)CCC(C)c1nn(C)c2c(N3CCN(C)CC3)cccc12. The molecule has 2 aromatic rings. The van der Waals surface area contributed by atoms with Crippen molar-refractivity contribution in [3.05, 3.63) is 48.9 Å². The fourth-order valence-electron chi connectivity index (χ4n) is 3.75. The van der Waals surface area contributed by atoms with Crippen molar-refractivity contribution >= 4 is 16.6 Å². The van der Waals surface area contributed by atoms with E-state index in [-0.39, 0.29) is 0 Å². The summed E-state index contributed by atoms with van der Waals surface area (Å²) >= 11 is 0. The van der Waals surface area contributed by atoms with Gasteiger partial charge >= 0.3 is 0 Å². The highest BCUT2D eigenvalue weighted by molar-refractivity contribution is 5.93. The van der Waals surface area contributed by atoms with E-state index in [1.165, 1.54) is 22.3 Å². The number of aromatic nitrogens is 2. The van der Waals surface area contributed by atoms with Gasteiger partial charge in [-0.2, -0.15) is 5.10 Å². The van der Waals surface area contributed by atoms with Crippen LogP contribution < -0.4 is 10.2 Å². The number of rotatable bonds is 7. The van der Waals surface area contributed by atoms with Crippen molar-refractivity contribution in [3.63, 3.8) is 0 Å². The van der Waals surface area contributed by atoms with Gasteiger partial charge in [-0.05, 0) is 32.2 Å². The predicted octanol–water partition coefficient (Wildman–Crippen LogP) is 3.46. The summed E-state index contributed by atoms with van der Waals surface area (Å²) in [7, 11) is 4.26. The molecule has 1 fully saturated rings. The molecular formula is C21H31N5. The Kier molecular flexibility index (Phi) is 5.67. The lowest BCUT2D eigenvalue weighted by Gasteiger charge is -2.34. The lowest BCUT2D eigenvalue weighted by molar-refractivity contribution is 0.313. The van der Waals surface area contributed by atoms with Crippen LogP contribution in [0.3, 0.4) is 0 Å². The lowest BCUT2D eigenvalue weighted by atomic mass is 9.97. The van der Waals surface area contributed by atoms with Crippen LogP contribution in [0, 0.1) is 0 Å². The predicted molar refractivity (Wildman–Crippen MR) is 111 cm³/mol. The molecule has 1 N–H and O–H groups in total. The maximum absolute atomic E-state index is 4.89. The lowest BCUT2D eigenvalue weighted by Crippen LogP contribution is -2.44. The number of para-hydroxylation sites is 1. The van der Waals surface area contributed by atoms with Crippen LogP contribution in [0.5, 0.6) is 0 Å². The fourth-order valence-corrected chi connectivity index (χ4v) is 3.75. The first-order chi connectivity index (χ1) is 12.5. The highest BCUT2D eigenvalue weighted by Crippen LogP contribution is 2.33. The normalized spacial score (nSPS) is 16.7. The van der Waals surface area contributed by atoms with Crippen LogP contribution in [-0.2, 0) is 7.05 Å². The number of anilines is 1. The molecular weight excluding hydrogens is 322 g/mol. The summed E-state index contributed by atoms with van der Waals surface area (Å²) in [6, 6.07) is 6.62. The van der Waals surface area contributed by atoms with E-state index in [9.17, 15) is 0 Å². The third-order valence-corrected chi connectivity index (χ3v) is 5.37. The quantitative estimate of drug-likeness (QED) is 0.827. The Balaban J connectivity index is 1.86. The van der Waals surface area contributed by atoms with Crippen molar-refractivity contribution in [2.45, 2.75) is 25.7 Å². The van der Waals surface area contributed by atoms with Gasteiger partial charge in [0.05, 0.1) is 16.9 Å². The smallest absolute Gasteiger partial charge is 0.0915 e. The summed E-state index contributed by atoms with van der Waals surface area (Å²) in [4.78, 5) is 4.88. The molecule has 3 rings (SSSR count). The molecule has 0 bridgehead atoms. The highest BCUT2D eigenvalue weighted by atomic mass is 15.3. The van der Waals surface area contributed by atoms with Crippen LogP contribution in [0.1, 0.15) is 31.4 Å².